The van der Waals surface area contributed by atoms with Gasteiger partial charge in [0.1, 0.15) is 6.29 Å². The standard InChI is InChI=1S/C25H33N5O3/c1-3-12-30(27-11-6-17-31)25(33)20-9-10-23(21(18-20)24(26)32)29-15-13-28(14-16-29)22-8-5-4-7-19(22)2/h4-5,7-10,17-18,27H,3,6,11-16H2,1-2H3,(H2,26,32). The zero-order chi connectivity index (χ0) is 23.8. The predicted octanol–water partition coefficient (Wildman–Crippen LogP) is 2.37. The zero-order valence-corrected chi connectivity index (χ0v) is 19.4. The highest BCUT2D eigenvalue weighted by atomic mass is 16.2. The lowest BCUT2D eigenvalue weighted by molar-refractivity contribution is -0.107. The quantitative estimate of drug-likeness (QED) is 0.327. The summed E-state index contributed by atoms with van der Waals surface area (Å²) in [4.78, 5) is 40.4. The number of anilines is 2. The Labute approximate surface area is 195 Å². The van der Waals surface area contributed by atoms with Crippen LogP contribution in [0.5, 0.6) is 0 Å². The van der Waals surface area contributed by atoms with Crippen LogP contribution in [0.1, 0.15) is 46.0 Å². The Morgan fingerprint density at radius 1 is 1.06 bits per heavy atom. The Kier molecular flexibility index (Phi) is 8.43. The van der Waals surface area contributed by atoms with Gasteiger partial charge in [0, 0.05) is 62.6 Å². The van der Waals surface area contributed by atoms with E-state index in [0.717, 1.165) is 44.6 Å². The second-order valence-electron chi connectivity index (χ2n) is 8.18. The van der Waals surface area contributed by atoms with Crippen molar-refractivity contribution in [2.24, 2.45) is 5.73 Å². The first-order chi connectivity index (χ1) is 16.0. The fraction of sp³-hybridized carbons (Fsp3) is 0.400. The minimum absolute atomic E-state index is 0.249. The van der Waals surface area contributed by atoms with E-state index in [4.69, 9.17) is 5.73 Å². The molecule has 1 heterocycles. The van der Waals surface area contributed by atoms with Crippen molar-refractivity contribution >= 4 is 29.5 Å². The molecule has 8 nitrogen and oxygen atoms in total. The molecule has 0 spiro atoms. The second-order valence-corrected chi connectivity index (χ2v) is 8.18. The third kappa shape index (κ3) is 5.90. The average Bonchev–Trinajstić information content (AvgIpc) is 2.83. The Bertz CT molecular complexity index is 986. The molecule has 0 aliphatic carbocycles. The fourth-order valence-electron chi connectivity index (χ4n) is 4.14. The van der Waals surface area contributed by atoms with E-state index in [0.29, 0.717) is 30.6 Å². The van der Waals surface area contributed by atoms with E-state index in [1.165, 1.54) is 16.3 Å². The number of nitrogens with zero attached hydrogens (tertiary/aromatic N) is 3. The van der Waals surface area contributed by atoms with Crippen molar-refractivity contribution in [3.05, 3.63) is 59.2 Å². The maximum atomic E-state index is 13.0. The number of rotatable bonds is 10. The van der Waals surface area contributed by atoms with E-state index >= 15 is 0 Å². The highest BCUT2D eigenvalue weighted by Crippen LogP contribution is 2.26. The first kappa shape index (κ1) is 24.3. The van der Waals surface area contributed by atoms with Crippen molar-refractivity contribution < 1.29 is 14.4 Å². The van der Waals surface area contributed by atoms with Gasteiger partial charge in [-0.2, -0.15) is 0 Å². The van der Waals surface area contributed by atoms with Crippen LogP contribution in [-0.2, 0) is 4.79 Å². The number of hydrazine groups is 1. The molecule has 0 unspecified atom stereocenters. The average molecular weight is 452 g/mol. The molecule has 0 radical (unpaired) electrons. The van der Waals surface area contributed by atoms with Gasteiger partial charge in [-0.25, -0.2) is 5.43 Å². The van der Waals surface area contributed by atoms with Crippen LogP contribution in [-0.4, -0.2) is 62.4 Å². The van der Waals surface area contributed by atoms with Gasteiger partial charge >= 0.3 is 0 Å². The third-order valence-electron chi connectivity index (χ3n) is 5.84. The summed E-state index contributed by atoms with van der Waals surface area (Å²) in [7, 11) is 0. The number of para-hydroxylation sites is 1. The van der Waals surface area contributed by atoms with E-state index in [1.807, 2.05) is 25.1 Å². The van der Waals surface area contributed by atoms with Crippen LogP contribution in [0.4, 0.5) is 11.4 Å². The molecule has 3 rings (SSSR count). The topological polar surface area (TPSA) is 99.0 Å². The smallest absolute Gasteiger partial charge is 0.267 e. The summed E-state index contributed by atoms with van der Waals surface area (Å²) < 4.78 is 0. The van der Waals surface area contributed by atoms with Gasteiger partial charge in [-0.1, -0.05) is 25.1 Å². The maximum Gasteiger partial charge on any atom is 0.267 e. The summed E-state index contributed by atoms with van der Waals surface area (Å²) in [6.45, 7) is 8.10. The predicted molar refractivity (Wildman–Crippen MR) is 131 cm³/mol. The van der Waals surface area contributed by atoms with Gasteiger partial charge < -0.3 is 20.3 Å². The van der Waals surface area contributed by atoms with E-state index in [1.54, 1.807) is 12.1 Å². The summed E-state index contributed by atoms with van der Waals surface area (Å²) in [6.07, 6.45) is 1.87. The number of carbonyl (C=O) groups is 3. The minimum Gasteiger partial charge on any atom is -0.368 e. The van der Waals surface area contributed by atoms with Gasteiger partial charge in [-0.05, 0) is 43.2 Å². The van der Waals surface area contributed by atoms with Crippen molar-refractivity contribution in [3.8, 4) is 0 Å². The van der Waals surface area contributed by atoms with Gasteiger partial charge in [0.25, 0.3) is 11.8 Å². The van der Waals surface area contributed by atoms with Crippen molar-refractivity contribution in [1.29, 1.82) is 0 Å². The van der Waals surface area contributed by atoms with Gasteiger partial charge in [0.2, 0.25) is 0 Å². The molecule has 33 heavy (non-hydrogen) atoms. The number of piperazine rings is 1. The minimum atomic E-state index is -0.558. The van der Waals surface area contributed by atoms with Crippen LogP contribution < -0.4 is 21.0 Å². The van der Waals surface area contributed by atoms with E-state index in [2.05, 4.69) is 34.3 Å². The summed E-state index contributed by atoms with van der Waals surface area (Å²) in [6, 6.07) is 13.5. The molecule has 176 valence electrons. The molecule has 1 aliphatic rings. The first-order valence-electron chi connectivity index (χ1n) is 11.4. The number of carbonyl (C=O) groups excluding carboxylic acids is 3. The molecule has 2 amide bonds. The van der Waals surface area contributed by atoms with E-state index < -0.39 is 5.91 Å². The molecule has 1 aliphatic heterocycles. The van der Waals surface area contributed by atoms with Crippen molar-refractivity contribution in [1.82, 2.24) is 10.4 Å². The number of benzene rings is 2. The van der Waals surface area contributed by atoms with Crippen LogP contribution in [0, 0.1) is 6.92 Å². The number of primary amides is 1. The molecule has 1 saturated heterocycles. The Morgan fingerprint density at radius 3 is 2.33 bits per heavy atom. The van der Waals surface area contributed by atoms with Crippen molar-refractivity contribution in [2.75, 3.05) is 49.1 Å². The number of aryl methyl sites for hydroxylation is 1. The van der Waals surface area contributed by atoms with Gasteiger partial charge in [-0.15, -0.1) is 0 Å². The van der Waals surface area contributed by atoms with Gasteiger partial charge in [0.05, 0.1) is 5.56 Å². The largest absolute Gasteiger partial charge is 0.368 e. The number of hydrogen-bond acceptors (Lipinski definition) is 6. The normalized spacial score (nSPS) is 13.6. The number of hydrogen-bond donors (Lipinski definition) is 2. The lowest BCUT2D eigenvalue weighted by atomic mass is 10.0. The highest BCUT2D eigenvalue weighted by Gasteiger charge is 2.24. The lowest BCUT2D eigenvalue weighted by Gasteiger charge is -2.38. The lowest BCUT2D eigenvalue weighted by Crippen LogP contribution is -2.47. The van der Waals surface area contributed by atoms with Gasteiger partial charge in [0.15, 0.2) is 0 Å². The SMILES string of the molecule is CCCN(NCCC=O)C(=O)c1ccc(N2CCN(c3ccccc3C)CC2)c(C(N)=O)c1. The van der Waals surface area contributed by atoms with Crippen molar-refractivity contribution in [3.63, 3.8) is 0 Å². The monoisotopic (exact) mass is 451 g/mol. The molecule has 0 aromatic heterocycles. The first-order valence-corrected chi connectivity index (χ1v) is 11.4. The van der Waals surface area contributed by atoms with Gasteiger partial charge in [-0.3, -0.25) is 14.6 Å². The summed E-state index contributed by atoms with van der Waals surface area (Å²) in [5.41, 5.74) is 12.6. The molecule has 0 bridgehead atoms. The molecule has 3 N–H and O–H groups in total. The van der Waals surface area contributed by atoms with E-state index in [-0.39, 0.29) is 5.91 Å². The van der Waals surface area contributed by atoms with Crippen LogP contribution in [0.25, 0.3) is 0 Å². The van der Waals surface area contributed by atoms with Crippen LogP contribution >= 0.6 is 0 Å². The molecular weight excluding hydrogens is 418 g/mol. The maximum absolute atomic E-state index is 13.0. The zero-order valence-electron chi connectivity index (χ0n) is 19.4. The molecule has 2 aromatic carbocycles. The summed E-state index contributed by atoms with van der Waals surface area (Å²) in [5.74, 6) is -0.807. The van der Waals surface area contributed by atoms with Crippen LogP contribution in [0.3, 0.4) is 0 Å². The molecule has 0 atom stereocenters. The number of nitrogens with one attached hydrogen (secondary N) is 1. The Morgan fingerprint density at radius 2 is 1.73 bits per heavy atom. The number of amides is 2. The molecule has 0 saturated carbocycles. The molecule has 8 heteroatoms. The number of nitrogens with two attached hydrogens (primary N) is 1. The Hall–Kier alpha value is -3.39. The summed E-state index contributed by atoms with van der Waals surface area (Å²) >= 11 is 0. The molecular formula is C25H33N5O3. The third-order valence-corrected chi connectivity index (χ3v) is 5.84. The summed E-state index contributed by atoms with van der Waals surface area (Å²) in [5, 5.41) is 1.49. The Balaban J connectivity index is 1.76. The second kappa shape index (κ2) is 11.5. The fourth-order valence-corrected chi connectivity index (χ4v) is 4.14. The highest BCUT2D eigenvalue weighted by molar-refractivity contribution is 6.03. The van der Waals surface area contributed by atoms with Crippen molar-refractivity contribution in [2.45, 2.75) is 26.7 Å². The van der Waals surface area contributed by atoms with Crippen LogP contribution in [0.2, 0.25) is 0 Å². The number of aldehydes is 1. The molecule has 1 fully saturated rings. The van der Waals surface area contributed by atoms with Crippen LogP contribution in [0.15, 0.2) is 42.5 Å². The molecule has 2 aromatic rings. The van der Waals surface area contributed by atoms with E-state index in [9.17, 15) is 14.4 Å².